The lowest BCUT2D eigenvalue weighted by Gasteiger charge is -2.28. The second-order valence-corrected chi connectivity index (χ2v) is 12.7. The maximum Gasteiger partial charge on any atom is 0.253 e. The number of aryl methyl sites for hydroxylation is 2. The number of nitrogens with zero attached hydrogens (tertiary/aromatic N) is 1. The summed E-state index contributed by atoms with van der Waals surface area (Å²) in [6.45, 7) is 7.85. The molecule has 1 aliphatic carbocycles. The minimum absolute atomic E-state index is 0.0582. The highest BCUT2D eigenvalue weighted by Crippen LogP contribution is 2.56. The van der Waals surface area contributed by atoms with Gasteiger partial charge in [0.05, 0.1) is 5.54 Å². The summed E-state index contributed by atoms with van der Waals surface area (Å²) >= 11 is 0. The van der Waals surface area contributed by atoms with Crippen LogP contribution in [-0.2, 0) is 19.4 Å². The number of hydrogen-bond donors (Lipinski definition) is 2. The molecular weight excluding hydrogens is 580 g/mol. The minimum Gasteiger partial charge on any atom is -0.346 e. The summed E-state index contributed by atoms with van der Waals surface area (Å²) in [5, 5.41) is 6.78. The largest absolute Gasteiger partial charge is 0.346 e. The lowest BCUT2D eigenvalue weighted by Crippen LogP contribution is -2.46. The fourth-order valence-electron chi connectivity index (χ4n) is 6.44. The summed E-state index contributed by atoms with van der Waals surface area (Å²) in [4.78, 5) is 28.9. The van der Waals surface area contributed by atoms with Crippen molar-refractivity contribution >= 4 is 11.8 Å². The van der Waals surface area contributed by atoms with E-state index in [2.05, 4.69) is 48.7 Å². The number of carbonyl (C=O) groups excluding carboxylic acids is 2. The summed E-state index contributed by atoms with van der Waals surface area (Å²) < 4.78 is 28.5. The van der Waals surface area contributed by atoms with E-state index in [-0.39, 0.29) is 23.7 Å². The van der Waals surface area contributed by atoms with E-state index in [9.17, 15) is 18.4 Å². The smallest absolute Gasteiger partial charge is 0.253 e. The molecule has 1 saturated carbocycles. The van der Waals surface area contributed by atoms with Gasteiger partial charge in [-0.1, -0.05) is 68.4 Å². The lowest BCUT2D eigenvalue weighted by atomic mass is 9.93. The normalized spacial score (nSPS) is 17.7. The van der Waals surface area contributed by atoms with E-state index in [1.807, 2.05) is 37.3 Å². The second-order valence-electron chi connectivity index (χ2n) is 12.7. The van der Waals surface area contributed by atoms with Gasteiger partial charge in [0.15, 0.2) is 0 Å². The first-order chi connectivity index (χ1) is 22.1. The molecule has 7 heteroatoms. The summed E-state index contributed by atoms with van der Waals surface area (Å²) in [7, 11) is 1.77. The Bertz CT molecular complexity index is 1670. The van der Waals surface area contributed by atoms with Gasteiger partial charge >= 0.3 is 0 Å². The van der Waals surface area contributed by atoms with Gasteiger partial charge in [0.1, 0.15) is 11.6 Å². The van der Waals surface area contributed by atoms with Crippen LogP contribution in [0.4, 0.5) is 8.78 Å². The Morgan fingerprint density at radius 2 is 1.57 bits per heavy atom. The zero-order valence-corrected chi connectivity index (χ0v) is 27.1. The van der Waals surface area contributed by atoms with Gasteiger partial charge in [0.2, 0.25) is 0 Å². The summed E-state index contributed by atoms with van der Waals surface area (Å²) in [5.74, 6) is -2.06. The third-order valence-corrected chi connectivity index (χ3v) is 9.21. The molecule has 4 aromatic carbocycles. The van der Waals surface area contributed by atoms with Crippen LogP contribution in [0.25, 0.3) is 0 Å². The maximum atomic E-state index is 14.3. The van der Waals surface area contributed by atoms with Gasteiger partial charge in [-0.2, -0.15) is 0 Å². The van der Waals surface area contributed by atoms with E-state index < -0.39 is 17.2 Å². The first-order valence-corrected chi connectivity index (χ1v) is 16.1. The van der Waals surface area contributed by atoms with E-state index >= 15 is 0 Å². The molecule has 0 bridgehead atoms. The summed E-state index contributed by atoms with van der Waals surface area (Å²) in [6.07, 6.45) is 2.24. The maximum absolute atomic E-state index is 14.3. The summed E-state index contributed by atoms with van der Waals surface area (Å²) in [5.41, 5.74) is 5.03. The van der Waals surface area contributed by atoms with E-state index in [1.165, 1.54) is 23.3 Å². The van der Waals surface area contributed by atoms with Gasteiger partial charge in [0.25, 0.3) is 11.8 Å². The van der Waals surface area contributed by atoms with Crippen LogP contribution in [0.5, 0.6) is 0 Å². The van der Waals surface area contributed by atoms with Crippen LogP contribution in [0.15, 0.2) is 91.0 Å². The van der Waals surface area contributed by atoms with Crippen LogP contribution in [0.3, 0.4) is 0 Å². The Kier molecular flexibility index (Phi) is 10.3. The number of amides is 2. The van der Waals surface area contributed by atoms with Crippen molar-refractivity contribution in [1.29, 1.82) is 0 Å². The molecule has 1 fully saturated rings. The average Bonchev–Trinajstić information content (AvgIpc) is 3.78. The van der Waals surface area contributed by atoms with Crippen molar-refractivity contribution in [2.75, 3.05) is 20.1 Å². The highest BCUT2D eigenvalue weighted by atomic mass is 19.1. The van der Waals surface area contributed by atoms with Crippen LogP contribution in [0, 0.1) is 24.5 Å². The number of benzene rings is 4. The SMILES string of the molecule is CCc1cccc(CNCC(C)C2(NC(=O)c3cc(C)cc(C(=O)N(C)CCc4ccccc4)c3)CC2c2cc(F)cc(F)c2)c1. The first kappa shape index (κ1) is 33.0. The molecule has 3 atom stereocenters. The fraction of sp³-hybridized carbons (Fsp3) is 0.333. The topological polar surface area (TPSA) is 61.4 Å². The number of rotatable bonds is 13. The van der Waals surface area contributed by atoms with Crippen LogP contribution >= 0.6 is 0 Å². The zero-order valence-electron chi connectivity index (χ0n) is 27.1. The van der Waals surface area contributed by atoms with Crippen molar-refractivity contribution in [3.05, 3.63) is 142 Å². The molecule has 0 saturated heterocycles. The van der Waals surface area contributed by atoms with Crippen LogP contribution in [0.2, 0.25) is 0 Å². The van der Waals surface area contributed by atoms with Gasteiger partial charge < -0.3 is 15.5 Å². The molecular formula is C39H43F2N3O2. The number of hydrogen-bond acceptors (Lipinski definition) is 3. The molecule has 0 heterocycles. The van der Waals surface area contributed by atoms with Gasteiger partial charge in [-0.15, -0.1) is 0 Å². The predicted molar refractivity (Wildman–Crippen MR) is 179 cm³/mol. The molecule has 240 valence electrons. The molecule has 0 aliphatic heterocycles. The van der Waals surface area contributed by atoms with Gasteiger partial charge in [-0.3, -0.25) is 9.59 Å². The quantitative estimate of drug-likeness (QED) is 0.165. The molecule has 5 rings (SSSR count). The molecule has 0 aromatic heterocycles. The standard InChI is InChI=1S/C39H43F2N3O2/c1-5-28-12-9-13-30(18-28)25-42-24-27(3)39(23-36(39)31-20-34(40)22-35(41)21-31)43-37(45)32-16-26(2)17-33(19-32)38(46)44(4)15-14-29-10-7-6-8-11-29/h6-13,16-22,27,36,42H,5,14-15,23-25H2,1-4H3,(H,43,45). The highest BCUT2D eigenvalue weighted by molar-refractivity contribution is 6.00. The Labute approximate surface area is 271 Å². The molecule has 2 N–H and O–H groups in total. The van der Waals surface area contributed by atoms with Crippen molar-refractivity contribution in [2.24, 2.45) is 5.92 Å². The molecule has 0 spiro atoms. The number of likely N-dealkylation sites (N-methyl/N-ethyl adjacent to an activating group) is 1. The van der Waals surface area contributed by atoms with Gasteiger partial charge in [-0.25, -0.2) is 8.78 Å². The third kappa shape index (κ3) is 7.88. The second kappa shape index (κ2) is 14.4. The first-order valence-electron chi connectivity index (χ1n) is 16.1. The third-order valence-electron chi connectivity index (χ3n) is 9.21. The monoisotopic (exact) mass is 623 g/mol. The van der Waals surface area contributed by atoms with Crippen LogP contribution in [-0.4, -0.2) is 42.4 Å². The molecule has 4 aromatic rings. The Balaban J connectivity index is 1.32. The van der Waals surface area contributed by atoms with Gasteiger partial charge in [0, 0.05) is 49.8 Å². The van der Waals surface area contributed by atoms with Crippen molar-refractivity contribution in [1.82, 2.24) is 15.5 Å². The predicted octanol–water partition coefficient (Wildman–Crippen LogP) is 7.23. The van der Waals surface area contributed by atoms with Crippen molar-refractivity contribution in [2.45, 2.75) is 58.0 Å². The zero-order chi connectivity index (χ0) is 32.8. The van der Waals surface area contributed by atoms with Crippen LogP contribution < -0.4 is 10.6 Å². The van der Waals surface area contributed by atoms with E-state index in [4.69, 9.17) is 0 Å². The molecule has 1 aliphatic rings. The van der Waals surface area contributed by atoms with E-state index in [1.54, 1.807) is 30.1 Å². The van der Waals surface area contributed by atoms with Crippen molar-refractivity contribution < 1.29 is 18.4 Å². The minimum atomic E-state index is -0.712. The Morgan fingerprint density at radius 3 is 2.28 bits per heavy atom. The molecule has 3 unspecified atom stereocenters. The Morgan fingerprint density at radius 1 is 0.891 bits per heavy atom. The molecule has 2 amide bonds. The van der Waals surface area contributed by atoms with Gasteiger partial charge in [-0.05, 0) is 90.3 Å². The average molecular weight is 624 g/mol. The van der Waals surface area contributed by atoms with E-state index in [0.29, 0.717) is 42.7 Å². The Hall–Kier alpha value is -4.36. The van der Waals surface area contributed by atoms with Crippen molar-refractivity contribution in [3.8, 4) is 0 Å². The lowest BCUT2D eigenvalue weighted by molar-refractivity contribution is 0.0796. The van der Waals surface area contributed by atoms with E-state index in [0.717, 1.165) is 30.0 Å². The fourth-order valence-corrected chi connectivity index (χ4v) is 6.44. The summed E-state index contributed by atoms with van der Waals surface area (Å²) in [6, 6.07) is 27.2. The molecule has 5 nitrogen and oxygen atoms in total. The molecule has 46 heavy (non-hydrogen) atoms. The highest BCUT2D eigenvalue weighted by Gasteiger charge is 2.59. The number of nitrogens with one attached hydrogen (secondary N) is 2. The molecule has 0 radical (unpaired) electrons. The van der Waals surface area contributed by atoms with Crippen molar-refractivity contribution in [3.63, 3.8) is 0 Å². The number of halogens is 2. The number of carbonyl (C=O) groups is 2. The van der Waals surface area contributed by atoms with Crippen LogP contribution in [0.1, 0.15) is 74.7 Å².